The first kappa shape index (κ1) is 19.5. The second-order valence-corrected chi connectivity index (χ2v) is 8.21. The van der Waals surface area contributed by atoms with Crippen molar-refractivity contribution in [1.29, 1.82) is 0 Å². The van der Waals surface area contributed by atoms with Gasteiger partial charge in [-0.05, 0) is 31.2 Å². The molecule has 0 aliphatic carbocycles. The molecule has 3 nitrogen and oxygen atoms in total. The van der Waals surface area contributed by atoms with E-state index in [0.29, 0.717) is 16.3 Å². The van der Waals surface area contributed by atoms with Crippen molar-refractivity contribution in [3.05, 3.63) is 63.6 Å². The molecule has 0 heterocycles. The summed E-state index contributed by atoms with van der Waals surface area (Å²) >= 11 is 30.0. The summed E-state index contributed by atoms with van der Waals surface area (Å²) in [5.74, 6) is -0.392. The molecule has 2 aromatic carbocycles. The first-order valence-corrected chi connectivity index (χ1v) is 8.72. The molecule has 24 heavy (non-hydrogen) atoms. The topological polar surface area (TPSA) is 41.1 Å². The Morgan fingerprint density at radius 3 is 2.25 bits per heavy atom. The monoisotopic (exact) mass is 424 g/mol. The first-order valence-electron chi connectivity index (χ1n) is 6.83. The summed E-state index contributed by atoms with van der Waals surface area (Å²) < 4.78 is -1.81. The fourth-order valence-electron chi connectivity index (χ4n) is 1.89. The highest BCUT2D eigenvalue weighted by atomic mass is 35.6. The summed E-state index contributed by atoms with van der Waals surface area (Å²) in [6.45, 7) is 1.93. The largest absolute Gasteiger partial charge is 0.361 e. The highest BCUT2D eigenvalue weighted by Crippen LogP contribution is 2.35. The van der Waals surface area contributed by atoms with Gasteiger partial charge in [0.25, 0.3) is 5.91 Å². The zero-order valence-corrected chi connectivity index (χ0v) is 16.2. The number of rotatable bonds is 4. The van der Waals surface area contributed by atoms with Crippen molar-refractivity contribution in [2.45, 2.75) is 16.9 Å². The van der Waals surface area contributed by atoms with E-state index in [1.165, 1.54) is 0 Å². The lowest BCUT2D eigenvalue weighted by Gasteiger charge is -2.28. The molecule has 0 fully saturated rings. The normalized spacial score (nSPS) is 12.6. The lowest BCUT2D eigenvalue weighted by molar-refractivity contribution is 0.0942. The molecule has 1 amide bonds. The predicted molar refractivity (Wildman–Crippen MR) is 103 cm³/mol. The quantitative estimate of drug-likeness (QED) is 0.476. The van der Waals surface area contributed by atoms with E-state index in [9.17, 15) is 4.79 Å². The van der Waals surface area contributed by atoms with Gasteiger partial charge in [-0.15, -0.1) is 0 Å². The summed E-state index contributed by atoms with van der Waals surface area (Å²) in [6, 6.07) is 12.0. The van der Waals surface area contributed by atoms with Crippen LogP contribution in [0.1, 0.15) is 15.9 Å². The fourth-order valence-corrected chi connectivity index (χ4v) is 2.57. The van der Waals surface area contributed by atoms with Gasteiger partial charge in [0.15, 0.2) is 0 Å². The Kier molecular flexibility index (Phi) is 6.52. The van der Waals surface area contributed by atoms with Crippen molar-refractivity contribution < 1.29 is 4.79 Å². The van der Waals surface area contributed by atoms with Crippen LogP contribution in [-0.4, -0.2) is 15.9 Å². The van der Waals surface area contributed by atoms with Gasteiger partial charge in [-0.2, -0.15) is 0 Å². The van der Waals surface area contributed by atoms with E-state index in [2.05, 4.69) is 10.6 Å². The zero-order chi connectivity index (χ0) is 17.9. The molecule has 1 atom stereocenters. The highest BCUT2D eigenvalue weighted by Gasteiger charge is 2.34. The molecule has 0 saturated carbocycles. The van der Waals surface area contributed by atoms with E-state index < -0.39 is 15.9 Å². The van der Waals surface area contributed by atoms with Crippen LogP contribution in [-0.2, 0) is 0 Å². The van der Waals surface area contributed by atoms with Crippen LogP contribution in [0.3, 0.4) is 0 Å². The van der Waals surface area contributed by atoms with Crippen LogP contribution in [0.4, 0.5) is 5.69 Å². The molecule has 128 valence electrons. The molecule has 0 aliphatic rings. The van der Waals surface area contributed by atoms with Crippen molar-refractivity contribution in [2.24, 2.45) is 0 Å². The molecule has 0 saturated heterocycles. The van der Waals surface area contributed by atoms with Crippen molar-refractivity contribution in [2.75, 3.05) is 5.32 Å². The number of anilines is 1. The van der Waals surface area contributed by atoms with Gasteiger partial charge in [0.05, 0.1) is 15.7 Å². The number of aryl methyl sites for hydroxylation is 1. The second-order valence-electron chi connectivity index (χ2n) is 5.06. The van der Waals surface area contributed by atoms with E-state index in [-0.39, 0.29) is 5.02 Å². The molecular weight excluding hydrogens is 413 g/mol. The number of amides is 1. The summed E-state index contributed by atoms with van der Waals surface area (Å²) in [6.07, 6.45) is -1.02. The number of benzene rings is 2. The zero-order valence-electron chi connectivity index (χ0n) is 12.4. The molecule has 2 aromatic rings. The minimum atomic E-state index is -1.81. The standard InChI is InChI=1S/C16H13Cl5N2O/c1-9-5-7-10(8-6-9)14(24)23-15(16(19,20)21)22-12-4-2-3-11(17)13(12)18/h2-8,15,22H,1H3,(H,23,24)/t15-/m1/s1. The highest BCUT2D eigenvalue weighted by molar-refractivity contribution is 6.68. The van der Waals surface area contributed by atoms with Crippen LogP contribution in [0.15, 0.2) is 42.5 Å². The molecule has 2 rings (SSSR count). The molecule has 2 N–H and O–H groups in total. The Morgan fingerprint density at radius 2 is 1.67 bits per heavy atom. The van der Waals surface area contributed by atoms with E-state index in [1.807, 2.05) is 19.1 Å². The number of alkyl halides is 3. The van der Waals surface area contributed by atoms with Gasteiger partial charge in [0.1, 0.15) is 6.17 Å². The van der Waals surface area contributed by atoms with Gasteiger partial charge in [-0.1, -0.05) is 81.8 Å². The van der Waals surface area contributed by atoms with Gasteiger partial charge in [0, 0.05) is 5.56 Å². The third kappa shape index (κ3) is 5.08. The molecule has 0 spiro atoms. The number of hydrogen-bond acceptors (Lipinski definition) is 2. The fraction of sp³-hybridized carbons (Fsp3) is 0.188. The van der Waals surface area contributed by atoms with Crippen molar-refractivity contribution in [3.63, 3.8) is 0 Å². The smallest absolute Gasteiger partial charge is 0.252 e. The Hall–Kier alpha value is -0.840. The second kappa shape index (κ2) is 8.03. The number of carbonyl (C=O) groups is 1. The van der Waals surface area contributed by atoms with Gasteiger partial charge < -0.3 is 10.6 Å². The van der Waals surface area contributed by atoms with Gasteiger partial charge in [-0.3, -0.25) is 4.79 Å². The van der Waals surface area contributed by atoms with Crippen LogP contribution >= 0.6 is 58.0 Å². The maximum Gasteiger partial charge on any atom is 0.252 e. The molecule has 0 aromatic heterocycles. The minimum Gasteiger partial charge on any atom is -0.361 e. The number of halogens is 5. The molecular formula is C16H13Cl5N2O. The average molecular weight is 427 g/mol. The minimum absolute atomic E-state index is 0.267. The van der Waals surface area contributed by atoms with E-state index in [1.54, 1.807) is 30.3 Å². The van der Waals surface area contributed by atoms with Crippen molar-refractivity contribution >= 4 is 69.6 Å². The van der Waals surface area contributed by atoms with Crippen molar-refractivity contribution in [3.8, 4) is 0 Å². The van der Waals surface area contributed by atoms with Crippen LogP contribution in [0.2, 0.25) is 10.0 Å². The predicted octanol–water partition coefficient (Wildman–Crippen LogP) is 5.84. The lowest BCUT2D eigenvalue weighted by atomic mass is 10.1. The number of nitrogens with one attached hydrogen (secondary N) is 2. The number of carbonyl (C=O) groups excluding carboxylic acids is 1. The summed E-state index contributed by atoms with van der Waals surface area (Å²) in [5, 5.41) is 6.15. The average Bonchev–Trinajstić information content (AvgIpc) is 2.50. The Labute approximate surface area is 165 Å². The van der Waals surface area contributed by atoms with Crippen LogP contribution in [0, 0.1) is 6.92 Å². The lowest BCUT2D eigenvalue weighted by Crippen LogP contribution is -2.49. The molecule has 0 unspecified atom stereocenters. The Balaban J connectivity index is 2.21. The SMILES string of the molecule is Cc1ccc(C(=O)N[C@@H](Nc2cccc(Cl)c2Cl)C(Cl)(Cl)Cl)cc1. The molecule has 0 radical (unpaired) electrons. The summed E-state index contributed by atoms with van der Waals surface area (Å²) in [4.78, 5) is 12.4. The third-order valence-electron chi connectivity index (χ3n) is 3.17. The maximum atomic E-state index is 12.4. The Bertz CT molecular complexity index is 728. The maximum absolute atomic E-state index is 12.4. The summed E-state index contributed by atoms with van der Waals surface area (Å²) in [5.41, 5.74) is 1.91. The first-order chi connectivity index (χ1) is 11.2. The van der Waals surface area contributed by atoms with Crippen LogP contribution < -0.4 is 10.6 Å². The molecule has 8 heteroatoms. The van der Waals surface area contributed by atoms with E-state index >= 15 is 0 Å². The Morgan fingerprint density at radius 1 is 1.04 bits per heavy atom. The summed E-state index contributed by atoms with van der Waals surface area (Å²) in [7, 11) is 0. The molecule has 0 bridgehead atoms. The number of hydrogen-bond donors (Lipinski definition) is 2. The van der Waals surface area contributed by atoms with E-state index in [4.69, 9.17) is 58.0 Å². The van der Waals surface area contributed by atoms with Gasteiger partial charge in [-0.25, -0.2) is 0 Å². The van der Waals surface area contributed by atoms with Crippen molar-refractivity contribution in [1.82, 2.24) is 5.32 Å². The van der Waals surface area contributed by atoms with Gasteiger partial charge in [0.2, 0.25) is 3.79 Å². The van der Waals surface area contributed by atoms with E-state index in [0.717, 1.165) is 5.56 Å². The molecule has 0 aliphatic heterocycles. The third-order valence-corrected chi connectivity index (χ3v) is 4.64. The van der Waals surface area contributed by atoms with Crippen LogP contribution in [0.25, 0.3) is 0 Å². The van der Waals surface area contributed by atoms with Crippen LogP contribution in [0.5, 0.6) is 0 Å². The van der Waals surface area contributed by atoms with Gasteiger partial charge >= 0.3 is 0 Å².